The summed E-state index contributed by atoms with van der Waals surface area (Å²) >= 11 is 0. The Labute approximate surface area is 173 Å². The van der Waals surface area contributed by atoms with Crippen molar-refractivity contribution in [3.63, 3.8) is 0 Å². The summed E-state index contributed by atoms with van der Waals surface area (Å²) in [6.07, 6.45) is 3.17. The van der Waals surface area contributed by atoms with Crippen molar-refractivity contribution in [1.29, 1.82) is 0 Å². The second kappa shape index (κ2) is 9.89. The molecule has 1 aromatic carbocycles. The summed E-state index contributed by atoms with van der Waals surface area (Å²) in [5.74, 6) is -0.689. The monoisotopic (exact) mass is 406 g/mol. The van der Waals surface area contributed by atoms with E-state index in [0.29, 0.717) is 13.2 Å². The second-order valence-corrected chi connectivity index (χ2v) is 8.24. The van der Waals surface area contributed by atoms with Gasteiger partial charge in [-0.1, -0.05) is 43.9 Å². The smallest absolute Gasteiger partial charge is 0.319 e. The maximum Gasteiger partial charge on any atom is 0.319 e. The first-order valence-corrected chi connectivity index (χ1v) is 10.6. The van der Waals surface area contributed by atoms with Gasteiger partial charge in [0.25, 0.3) is 0 Å². The number of fused-ring (bicyclic) bond motifs is 1. The van der Waals surface area contributed by atoms with Crippen molar-refractivity contribution >= 4 is 11.7 Å². The molecular weight excluding hydrogens is 372 g/mol. The molecule has 2 aliphatic rings. The van der Waals surface area contributed by atoms with E-state index >= 15 is 0 Å². The van der Waals surface area contributed by atoms with Crippen molar-refractivity contribution < 1.29 is 23.7 Å². The zero-order chi connectivity index (χ0) is 20.9. The Kier molecular flexibility index (Phi) is 7.51. The molecule has 2 aliphatic heterocycles. The highest BCUT2D eigenvalue weighted by Gasteiger charge is 2.55. The highest BCUT2D eigenvalue weighted by atomic mass is 16.8. The average Bonchev–Trinajstić information content (AvgIpc) is 3.15. The van der Waals surface area contributed by atoms with Crippen LogP contribution in [0.5, 0.6) is 0 Å². The fraction of sp³-hybridized carbons (Fsp3) is 0.682. The van der Waals surface area contributed by atoms with Crippen molar-refractivity contribution in [2.75, 3.05) is 18.5 Å². The second-order valence-electron chi connectivity index (χ2n) is 8.24. The van der Waals surface area contributed by atoms with Gasteiger partial charge >= 0.3 is 6.03 Å². The number of aryl methyl sites for hydroxylation is 1. The minimum absolute atomic E-state index is 0.273. The van der Waals surface area contributed by atoms with Crippen LogP contribution in [0.15, 0.2) is 24.3 Å². The topological polar surface area (TPSA) is 78.1 Å². The molecule has 2 amide bonds. The van der Waals surface area contributed by atoms with Crippen LogP contribution in [-0.4, -0.2) is 49.6 Å². The fourth-order valence-electron chi connectivity index (χ4n) is 3.67. The van der Waals surface area contributed by atoms with Crippen LogP contribution in [0.4, 0.5) is 10.5 Å². The van der Waals surface area contributed by atoms with Crippen LogP contribution in [0, 0.1) is 6.92 Å². The van der Waals surface area contributed by atoms with Gasteiger partial charge in [-0.3, -0.25) is 0 Å². The Morgan fingerprint density at radius 3 is 2.55 bits per heavy atom. The highest BCUT2D eigenvalue weighted by Crippen LogP contribution is 2.39. The molecule has 3 rings (SSSR count). The number of nitrogens with one attached hydrogen (secondary N) is 2. The van der Waals surface area contributed by atoms with E-state index in [9.17, 15) is 4.79 Å². The van der Waals surface area contributed by atoms with E-state index in [1.807, 2.05) is 45.0 Å². The first-order valence-electron chi connectivity index (χ1n) is 10.6. The van der Waals surface area contributed by atoms with E-state index in [4.69, 9.17) is 18.9 Å². The summed E-state index contributed by atoms with van der Waals surface area (Å²) in [4.78, 5) is 12.2. The molecule has 4 atom stereocenters. The number of unbranched alkanes of at least 4 members (excludes halogenated alkanes) is 3. The quantitative estimate of drug-likeness (QED) is 0.607. The van der Waals surface area contributed by atoms with Crippen LogP contribution in [0.3, 0.4) is 0 Å². The van der Waals surface area contributed by atoms with E-state index in [1.165, 1.54) is 12.8 Å². The van der Waals surface area contributed by atoms with Crippen LogP contribution in [0.2, 0.25) is 0 Å². The van der Waals surface area contributed by atoms with E-state index in [1.54, 1.807) is 0 Å². The number of amides is 2. The zero-order valence-electron chi connectivity index (χ0n) is 17.9. The maximum atomic E-state index is 12.2. The van der Waals surface area contributed by atoms with Crippen LogP contribution in [0.1, 0.15) is 52.0 Å². The van der Waals surface area contributed by atoms with Gasteiger partial charge in [0.1, 0.15) is 18.3 Å². The number of ether oxygens (including phenoxy) is 4. The largest absolute Gasteiger partial charge is 0.350 e. The number of hydrogen-bond acceptors (Lipinski definition) is 5. The van der Waals surface area contributed by atoms with Crippen molar-refractivity contribution in [2.24, 2.45) is 0 Å². The molecule has 0 radical (unpaired) electrons. The van der Waals surface area contributed by atoms with Crippen LogP contribution in [-0.2, 0) is 18.9 Å². The van der Waals surface area contributed by atoms with Crippen LogP contribution in [0.25, 0.3) is 0 Å². The Hall–Kier alpha value is -1.67. The summed E-state index contributed by atoms with van der Waals surface area (Å²) in [5.41, 5.74) is 1.89. The maximum absolute atomic E-state index is 12.2. The number of urea groups is 1. The SMILES string of the molecule is CCCCCCO[C@H]1O[C@@H](CNC(=O)Nc2ccc(C)cc2)[C@@H]2OC(C)(C)O[C@H]12. The first kappa shape index (κ1) is 22.0. The molecule has 7 heteroatoms. The first-order chi connectivity index (χ1) is 13.9. The summed E-state index contributed by atoms with van der Waals surface area (Å²) < 4.78 is 24.0. The lowest BCUT2D eigenvalue weighted by Gasteiger charge is -2.24. The summed E-state index contributed by atoms with van der Waals surface area (Å²) in [6.45, 7) is 8.91. The number of rotatable bonds is 9. The minimum atomic E-state index is -0.689. The third-order valence-electron chi connectivity index (χ3n) is 5.16. The average molecular weight is 407 g/mol. The van der Waals surface area contributed by atoms with Gasteiger partial charge < -0.3 is 29.6 Å². The summed E-state index contributed by atoms with van der Waals surface area (Å²) in [5, 5.41) is 5.69. The third kappa shape index (κ3) is 6.15. The number of benzene rings is 1. The lowest BCUT2D eigenvalue weighted by atomic mass is 10.1. The highest BCUT2D eigenvalue weighted by molar-refractivity contribution is 5.89. The van der Waals surface area contributed by atoms with Gasteiger partial charge in [-0.15, -0.1) is 0 Å². The Bertz CT molecular complexity index is 664. The number of anilines is 1. The molecule has 0 bridgehead atoms. The molecule has 0 spiro atoms. The van der Waals surface area contributed by atoms with Gasteiger partial charge in [0.05, 0.1) is 0 Å². The standard InChI is InChI=1S/C22H34N2O5/c1-5-6-7-8-13-26-20-19-18(28-22(3,4)29-19)17(27-20)14-23-21(25)24-16-11-9-15(2)10-12-16/h9-12,17-20H,5-8,13-14H2,1-4H3,(H2,23,24,25)/t17-,18-,19-,20-/m0/s1. The van der Waals surface area contributed by atoms with Gasteiger partial charge in [-0.2, -0.15) is 0 Å². The van der Waals surface area contributed by atoms with Gasteiger partial charge in [0.15, 0.2) is 12.1 Å². The predicted octanol–water partition coefficient (Wildman–Crippen LogP) is 3.96. The number of hydrogen-bond donors (Lipinski definition) is 2. The minimum Gasteiger partial charge on any atom is -0.350 e. The van der Waals surface area contributed by atoms with Gasteiger partial charge in [0.2, 0.25) is 0 Å². The molecule has 29 heavy (non-hydrogen) atoms. The van der Waals surface area contributed by atoms with Crippen molar-refractivity contribution in [2.45, 2.75) is 83.8 Å². The molecule has 2 saturated heterocycles. The molecule has 0 unspecified atom stereocenters. The summed E-state index contributed by atoms with van der Waals surface area (Å²) in [7, 11) is 0. The van der Waals surface area contributed by atoms with E-state index in [0.717, 1.165) is 24.1 Å². The Balaban J connectivity index is 1.50. The molecule has 7 nitrogen and oxygen atoms in total. The molecule has 0 aromatic heterocycles. The van der Waals surface area contributed by atoms with Gasteiger partial charge in [-0.25, -0.2) is 4.79 Å². The number of carbonyl (C=O) groups is 1. The molecule has 1 aromatic rings. The molecule has 0 saturated carbocycles. The third-order valence-corrected chi connectivity index (χ3v) is 5.16. The Morgan fingerprint density at radius 1 is 1.10 bits per heavy atom. The van der Waals surface area contributed by atoms with Crippen molar-refractivity contribution in [1.82, 2.24) is 5.32 Å². The molecule has 0 aliphatic carbocycles. The molecule has 2 N–H and O–H groups in total. The Morgan fingerprint density at radius 2 is 1.83 bits per heavy atom. The van der Waals surface area contributed by atoms with Gasteiger partial charge in [0, 0.05) is 18.8 Å². The van der Waals surface area contributed by atoms with Crippen molar-refractivity contribution in [3.8, 4) is 0 Å². The molecule has 2 fully saturated rings. The molecule has 162 valence electrons. The normalized spacial score (nSPS) is 27.6. The lowest BCUT2D eigenvalue weighted by molar-refractivity contribution is -0.232. The van der Waals surface area contributed by atoms with Crippen molar-refractivity contribution in [3.05, 3.63) is 29.8 Å². The van der Waals surface area contributed by atoms with E-state index in [-0.39, 0.29) is 24.3 Å². The zero-order valence-corrected chi connectivity index (χ0v) is 17.9. The lowest BCUT2D eigenvalue weighted by Crippen LogP contribution is -2.41. The van der Waals surface area contributed by atoms with Crippen LogP contribution >= 0.6 is 0 Å². The summed E-state index contributed by atoms with van der Waals surface area (Å²) in [6, 6.07) is 7.37. The fourth-order valence-corrected chi connectivity index (χ4v) is 3.67. The number of carbonyl (C=O) groups excluding carboxylic acids is 1. The molecular formula is C22H34N2O5. The van der Waals surface area contributed by atoms with E-state index < -0.39 is 12.1 Å². The van der Waals surface area contributed by atoms with E-state index in [2.05, 4.69) is 17.6 Å². The predicted molar refractivity (Wildman–Crippen MR) is 111 cm³/mol. The van der Waals surface area contributed by atoms with Crippen LogP contribution < -0.4 is 10.6 Å². The van der Waals surface area contributed by atoms with Gasteiger partial charge in [-0.05, 0) is 39.3 Å². The molecule has 2 heterocycles.